The fourth-order valence-electron chi connectivity index (χ4n) is 4.02. The predicted molar refractivity (Wildman–Crippen MR) is 135 cm³/mol. The van der Waals surface area contributed by atoms with E-state index in [1.807, 2.05) is 12.1 Å². The number of rotatable bonds is 13. The van der Waals surface area contributed by atoms with Gasteiger partial charge in [-0.2, -0.15) is 0 Å². The minimum absolute atomic E-state index is 0.136. The number of carboxylic acids is 3. The highest BCUT2D eigenvalue weighted by Gasteiger charge is 2.17. The largest absolute Gasteiger partial charge is 0.480 e. The van der Waals surface area contributed by atoms with Crippen LogP contribution in [0.15, 0.2) is 24.3 Å². The molecule has 0 aliphatic carbocycles. The van der Waals surface area contributed by atoms with Crippen LogP contribution in [-0.2, 0) is 27.5 Å². The highest BCUT2D eigenvalue weighted by atomic mass is 16.4. The first-order valence-electron chi connectivity index (χ1n) is 12.3. The minimum Gasteiger partial charge on any atom is -0.480 e. The molecule has 0 saturated carbocycles. The van der Waals surface area contributed by atoms with Crippen LogP contribution in [0.3, 0.4) is 0 Å². The molecule has 202 valence electrons. The van der Waals surface area contributed by atoms with E-state index in [9.17, 15) is 19.5 Å². The lowest BCUT2D eigenvalue weighted by Gasteiger charge is -2.25. The van der Waals surface area contributed by atoms with Crippen LogP contribution in [-0.4, -0.2) is 133 Å². The second-order valence-electron chi connectivity index (χ2n) is 8.95. The van der Waals surface area contributed by atoms with Gasteiger partial charge in [0.05, 0.1) is 19.6 Å². The highest BCUT2D eigenvalue weighted by molar-refractivity contribution is 5.72. The van der Waals surface area contributed by atoms with Crippen molar-refractivity contribution < 1.29 is 29.7 Å². The van der Waals surface area contributed by atoms with Gasteiger partial charge in [0, 0.05) is 78.5 Å². The summed E-state index contributed by atoms with van der Waals surface area (Å²) in [6.45, 7) is 8.03. The molecular formula is C24H40N6O6. The number of benzene rings is 1. The van der Waals surface area contributed by atoms with Gasteiger partial charge in [-0.05, 0) is 11.1 Å². The van der Waals surface area contributed by atoms with E-state index in [1.165, 1.54) is 10.5 Å². The molecule has 1 heterocycles. The van der Waals surface area contributed by atoms with E-state index in [4.69, 9.17) is 10.2 Å². The number of nitrogens with zero attached hydrogens (tertiary/aromatic N) is 3. The lowest BCUT2D eigenvalue weighted by molar-refractivity contribution is -0.143. The van der Waals surface area contributed by atoms with Gasteiger partial charge in [-0.1, -0.05) is 24.3 Å². The molecule has 0 radical (unpaired) electrons. The van der Waals surface area contributed by atoms with Crippen LogP contribution in [0.1, 0.15) is 11.1 Å². The predicted octanol–water partition coefficient (Wildman–Crippen LogP) is -1.37. The molecule has 0 bridgehead atoms. The van der Waals surface area contributed by atoms with E-state index in [1.54, 1.807) is 4.90 Å². The van der Waals surface area contributed by atoms with Crippen molar-refractivity contribution in [3.05, 3.63) is 35.4 Å². The summed E-state index contributed by atoms with van der Waals surface area (Å²) in [5.41, 5.74) is 2.11. The molecule has 2 rings (SSSR count). The smallest absolute Gasteiger partial charge is 0.317 e. The lowest BCUT2D eigenvalue weighted by atomic mass is 10.1. The van der Waals surface area contributed by atoms with Crippen LogP contribution in [0, 0.1) is 0 Å². The minimum atomic E-state index is -1.13. The van der Waals surface area contributed by atoms with Crippen molar-refractivity contribution in [1.82, 2.24) is 30.7 Å². The third-order valence-corrected chi connectivity index (χ3v) is 5.81. The summed E-state index contributed by atoms with van der Waals surface area (Å²) < 4.78 is 0. The Bertz CT molecular complexity index is 781. The van der Waals surface area contributed by atoms with Gasteiger partial charge in [0.25, 0.3) is 0 Å². The summed E-state index contributed by atoms with van der Waals surface area (Å²) in [7, 11) is 0. The second-order valence-corrected chi connectivity index (χ2v) is 8.95. The Kier molecular flexibility index (Phi) is 13.9. The van der Waals surface area contributed by atoms with Crippen LogP contribution in [0.5, 0.6) is 0 Å². The van der Waals surface area contributed by atoms with Gasteiger partial charge >= 0.3 is 17.9 Å². The SMILES string of the molecule is O=C(O)CN(CCN(CC(=O)O)Cc1ccc(CN2CCNCCNCCNCC2)cc1)CC(=O)O. The third kappa shape index (κ3) is 13.5. The van der Waals surface area contributed by atoms with Gasteiger partial charge in [-0.3, -0.25) is 29.1 Å². The van der Waals surface area contributed by atoms with Crippen molar-refractivity contribution in [2.45, 2.75) is 13.1 Å². The fourth-order valence-corrected chi connectivity index (χ4v) is 4.02. The Labute approximate surface area is 212 Å². The Hall–Kier alpha value is -2.61. The first kappa shape index (κ1) is 29.6. The van der Waals surface area contributed by atoms with Crippen LogP contribution in [0.2, 0.25) is 0 Å². The molecule has 12 heteroatoms. The van der Waals surface area contributed by atoms with Crippen LogP contribution >= 0.6 is 0 Å². The van der Waals surface area contributed by atoms with E-state index in [0.717, 1.165) is 64.5 Å². The van der Waals surface area contributed by atoms with Gasteiger partial charge in [0.2, 0.25) is 0 Å². The van der Waals surface area contributed by atoms with E-state index >= 15 is 0 Å². The number of hydrogen-bond acceptors (Lipinski definition) is 9. The topological polar surface area (TPSA) is 158 Å². The second kappa shape index (κ2) is 17.0. The summed E-state index contributed by atoms with van der Waals surface area (Å²) in [6.07, 6.45) is 0. The Morgan fingerprint density at radius 2 is 1.08 bits per heavy atom. The molecule has 6 N–H and O–H groups in total. The normalized spacial score (nSPS) is 16.4. The van der Waals surface area contributed by atoms with E-state index in [0.29, 0.717) is 6.54 Å². The molecule has 1 aromatic rings. The van der Waals surface area contributed by atoms with Crippen LogP contribution < -0.4 is 16.0 Å². The summed E-state index contributed by atoms with van der Waals surface area (Å²) >= 11 is 0. The molecule has 0 aromatic heterocycles. The molecular weight excluding hydrogens is 468 g/mol. The molecule has 0 spiro atoms. The Morgan fingerprint density at radius 1 is 0.667 bits per heavy atom. The summed E-state index contributed by atoms with van der Waals surface area (Å²) in [4.78, 5) is 38.8. The first-order valence-corrected chi connectivity index (χ1v) is 12.3. The highest BCUT2D eigenvalue weighted by Crippen LogP contribution is 2.10. The molecule has 0 amide bonds. The van der Waals surface area contributed by atoms with Crippen molar-refractivity contribution in [3.8, 4) is 0 Å². The summed E-state index contributed by atoms with van der Waals surface area (Å²) in [5, 5.41) is 37.6. The number of aliphatic carboxylic acids is 3. The molecule has 0 atom stereocenters. The van der Waals surface area contributed by atoms with Gasteiger partial charge in [-0.25, -0.2) is 0 Å². The van der Waals surface area contributed by atoms with Crippen LogP contribution in [0.25, 0.3) is 0 Å². The number of carbonyl (C=O) groups is 3. The molecule has 1 aromatic carbocycles. The van der Waals surface area contributed by atoms with E-state index in [-0.39, 0.29) is 19.6 Å². The van der Waals surface area contributed by atoms with Gasteiger partial charge in [0.1, 0.15) is 0 Å². The zero-order valence-electron chi connectivity index (χ0n) is 20.8. The number of carboxylic acid groups (broad SMARTS) is 3. The zero-order valence-corrected chi connectivity index (χ0v) is 20.8. The van der Waals surface area contributed by atoms with Gasteiger partial charge in [0.15, 0.2) is 0 Å². The molecule has 36 heavy (non-hydrogen) atoms. The van der Waals surface area contributed by atoms with Crippen molar-refractivity contribution in [2.75, 3.05) is 85.1 Å². The third-order valence-electron chi connectivity index (χ3n) is 5.81. The number of hydrogen-bond donors (Lipinski definition) is 6. The molecule has 1 aliphatic heterocycles. The lowest BCUT2D eigenvalue weighted by Crippen LogP contribution is -2.41. The maximum Gasteiger partial charge on any atom is 0.317 e. The van der Waals surface area contributed by atoms with E-state index < -0.39 is 31.0 Å². The molecule has 12 nitrogen and oxygen atoms in total. The maximum atomic E-state index is 11.4. The van der Waals surface area contributed by atoms with Gasteiger partial charge in [-0.15, -0.1) is 0 Å². The Morgan fingerprint density at radius 3 is 1.58 bits per heavy atom. The van der Waals surface area contributed by atoms with E-state index in [2.05, 4.69) is 33.0 Å². The quantitative estimate of drug-likeness (QED) is 0.186. The Balaban J connectivity index is 1.93. The number of nitrogens with one attached hydrogen (secondary N) is 3. The standard InChI is InChI=1S/C24H40N6O6/c31-22(32)17-29(13-14-30(18-23(33)34)19-24(35)36)16-21-3-1-20(2-4-21)15-28-11-9-26-7-5-25-6-8-27-10-12-28/h1-4,25-27H,5-19H2,(H,31,32)(H,33,34)(H,35,36). The zero-order chi connectivity index (χ0) is 26.2. The van der Waals surface area contributed by atoms with Crippen molar-refractivity contribution in [3.63, 3.8) is 0 Å². The molecule has 1 fully saturated rings. The van der Waals surface area contributed by atoms with Gasteiger partial charge < -0.3 is 31.3 Å². The molecule has 1 saturated heterocycles. The summed E-state index contributed by atoms with van der Waals surface area (Å²) in [6, 6.07) is 8.07. The summed E-state index contributed by atoms with van der Waals surface area (Å²) in [5.74, 6) is -3.25. The molecule has 1 aliphatic rings. The van der Waals surface area contributed by atoms with Crippen molar-refractivity contribution in [1.29, 1.82) is 0 Å². The van der Waals surface area contributed by atoms with Crippen molar-refractivity contribution in [2.24, 2.45) is 0 Å². The van der Waals surface area contributed by atoms with Crippen molar-refractivity contribution >= 4 is 17.9 Å². The molecule has 0 unspecified atom stereocenters. The monoisotopic (exact) mass is 508 g/mol. The maximum absolute atomic E-state index is 11.4. The van der Waals surface area contributed by atoms with Crippen LogP contribution in [0.4, 0.5) is 0 Å². The average molecular weight is 509 g/mol. The average Bonchev–Trinajstić information content (AvgIpc) is 2.79. The fraction of sp³-hybridized carbons (Fsp3) is 0.625. The first-order chi connectivity index (χ1) is 17.3.